The number of amides is 1. The fraction of sp³-hybridized carbons (Fsp3) is 0.412. The highest BCUT2D eigenvalue weighted by Crippen LogP contribution is 2.32. The Bertz CT molecular complexity index is 776. The number of hydrogen-bond donors (Lipinski definition) is 1. The van der Waals surface area contributed by atoms with Gasteiger partial charge in [0.25, 0.3) is 5.69 Å². The Kier molecular flexibility index (Phi) is 5.12. The molecule has 0 bridgehead atoms. The van der Waals surface area contributed by atoms with Crippen LogP contribution in [-0.2, 0) is 10.3 Å². The predicted octanol–water partition coefficient (Wildman–Crippen LogP) is 4.48. The highest BCUT2D eigenvalue weighted by Gasteiger charge is 2.29. The fourth-order valence-electron chi connectivity index (χ4n) is 2.06. The second-order valence-electron chi connectivity index (χ2n) is 7.09. The fourth-order valence-corrected chi connectivity index (χ4v) is 3.04. The number of ether oxygens (including phenoxy) is 1. The van der Waals surface area contributed by atoms with Crippen LogP contribution in [0.15, 0.2) is 30.5 Å². The van der Waals surface area contributed by atoms with E-state index in [-0.39, 0.29) is 5.69 Å². The average Bonchev–Trinajstić information content (AvgIpc) is 2.95. The third-order valence-electron chi connectivity index (χ3n) is 3.22. The third kappa shape index (κ3) is 4.99. The maximum absolute atomic E-state index is 12.0. The molecule has 0 saturated heterocycles. The molecule has 0 aliphatic carbocycles. The molecule has 0 radical (unpaired) electrons. The van der Waals surface area contributed by atoms with E-state index in [0.29, 0.717) is 5.01 Å². The smallest absolute Gasteiger partial charge is 0.408 e. The molecule has 0 saturated carbocycles. The lowest BCUT2D eigenvalue weighted by Gasteiger charge is -2.27. The van der Waals surface area contributed by atoms with Gasteiger partial charge in [0.05, 0.1) is 15.3 Å². The van der Waals surface area contributed by atoms with Gasteiger partial charge < -0.3 is 10.1 Å². The first kappa shape index (κ1) is 18.9. The summed E-state index contributed by atoms with van der Waals surface area (Å²) in [7, 11) is 0. The van der Waals surface area contributed by atoms with E-state index >= 15 is 0 Å². The van der Waals surface area contributed by atoms with Crippen LogP contribution in [0.3, 0.4) is 0 Å². The van der Waals surface area contributed by atoms with Crippen LogP contribution in [-0.4, -0.2) is 21.6 Å². The zero-order valence-corrected chi connectivity index (χ0v) is 15.6. The molecule has 2 aromatic rings. The molecule has 8 heteroatoms. The van der Waals surface area contributed by atoms with Crippen molar-refractivity contribution in [2.45, 2.75) is 45.8 Å². The SMILES string of the molecule is CC(C)(C)OC(=O)NC(C)(C)c1ncc(-c2ccc([N+](=O)[O-])cc2)s1. The first-order valence-corrected chi connectivity index (χ1v) is 8.52. The lowest BCUT2D eigenvalue weighted by atomic mass is 10.1. The lowest BCUT2D eigenvalue weighted by Crippen LogP contribution is -2.43. The van der Waals surface area contributed by atoms with Crippen molar-refractivity contribution in [1.82, 2.24) is 10.3 Å². The number of carbonyl (C=O) groups excluding carboxylic acids is 1. The molecule has 0 unspecified atom stereocenters. The topological polar surface area (TPSA) is 94.4 Å². The molecule has 1 heterocycles. The Morgan fingerprint density at radius 1 is 1.20 bits per heavy atom. The maximum Gasteiger partial charge on any atom is 0.408 e. The van der Waals surface area contributed by atoms with E-state index in [0.717, 1.165) is 10.4 Å². The van der Waals surface area contributed by atoms with E-state index in [1.165, 1.54) is 23.5 Å². The summed E-state index contributed by atoms with van der Waals surface area (Å²) in [4.78, 5) is 27.6. The largest absolute Gasteiger partial charge is 0.444 e. The quantitative estimate of drug-likeness (QED) is 0.638. The van der Waals surface area contributed by atoms with Crippen molar-refractivity contribution >= 4 is 23.1 Å². The van der Waals surface area contributed by atoms with Gasteiger partial charge in [-0.25, -0.2) is 9.78 Å². The van der Waals surface area contributed by atoms with Gasteiger partial charge in [0.2, 0.25) is 0 Å². The summed E-state index contributed by atoms with van der Waals surface area (Å²) in [6.07, 6.45) is 1.18. The summed E-state index contributed by atoms with van der Waals surface area (Å²) in [5.74, 6) is 0. The number of carbonyl (C=O) groups is 1. The molecule has 0 spiro atoms. The molecule has 25 heavy (non-hydrogen) atoms. The summed E-state index contributed by atoms with van der Waals surface area (Å²) in [6, 6.07) is 6.28. The van der Waals surface area contributed by atoms with Crippen molar-refractivity contribution in [2.75, 3.05) is 0 Å². The Morgan fingerprint density at radius 2 is 1.80 bits per heavy atom. The molecule has 2 rings (SSSR count). The molecule has 1 aromatic carbocycles. The van der Waals surface area contributed by atoms with Gasteiger partial charge >= 0.3 is 6.09 Å². The average molecular weight is 363 g/mol. The summed E-state index contributed by atoms with van der Waals surface area (Å²) < 4.78 is 5.29. The Balaban J connectivity index is 2.16. The van der Waals surface area contributed by atoms with E-state index in [1.807, 2.05) is 13.8 Å². The van der Waals surface area contributed by atoms with Crippen LogP contribution in [0.4, 0.5) is 10.5 Å². The minimum atomic E-state index is -0.702. The molecule has 7 nitrogen and oxygen atoms in total. The van der Waals surface area contributed by atoms with E-state index in [4.69, 9.17) is 4.74 Å². The van der Waals surface area contributed by atoms with Crippen molar-refractivity contribution in [2.24, 2.45) is 0 Å². The van der Waals surface area contributed by atoms with Gasteiger partial charge in [0, 0.05) is 18.3 Å². The summed E-state index contributed by atoms with van der Waals surface area (Å²) in [6.45, 7) is 9.09. The summed E-state index contributed by atoms with van der Waals surface area (Å²) in [5, 5.41) is 14.3. The number of thiazole rings is 1. The maximum atomic E-state index is 12.0. The number of rotatable bonds is 4. The Hall–Kier alpha value is -2.48. The molecule has 0 atom stereocenters. The van der Waals surface area contributed by atoms with Crippen LogP contribution < -0.4 is 5.32 Å². The van der Waals surface area contributed by atoms with Crippen molar-refractivity contribution in [1.29, 1.82) is 0 Å². The molecule has 0 aliphatic heterocycles. The highest BCUT2D eigenvalue weighted by atomic mass is 32.1. The van der Waals surface area contributed by atoms with Gasteiger partial charge in [-0.2, -0.15) is 0 Å². The second kappa shape index (κ2) is 6.79. The van der Waals surface area contributed by atoms with Gasteiger partial charge in [0.15, 0.2) is 0 Å². The van der Waals surface area contributed by atoms with Gasteiger partial charge in [-0.05, 0) is 52.3 Å². The van der Waals surface area contributed by atoms with Gasteiger partial charge in [0.1, 0.15) is 10.6 Å². The summed E-state index contributed by atoms with van der Waals surface area (Å²) >= 11 is 1.42. The van der Waals surface area contributed by atoms with Crippen LogP contribution in [0.25, 0.3) is 10.4 Å². The Morgan fingerprint density at radius 3 is 2.32 bits per heavy atom. The van der Waals surface area contributed by atoms with Gasteiger partial charge in [-0.1, -0.05) is 0 Å². The van der Waals surface area contributed by atoms with Crippen LogP contribution in [0.1, 0.15) is 39.6 Å². The standard InChI is InChI=1S/C17H21N3O4S/c1-16(2,3)24-15(21)19-17(4,5)14-18-10-13(25-14)11-6-8-12(9-7-11)20(22)23/h6-10H,1-5H3,(H,19,21). The molecule has 0 fully saturated rings. The minimum absolute atomic E-state index is 0.0420. The number of nitrogens with zero attached hydrogens (tertiary/aromatic N) is 2. The minimum Gasteiger partial charge on any atom is -0.444 e. The summed E-state index contributed by atoms with van der Waals surface area (Å²) in [5.41, 5.74) is -0.401. The number of benzene rings is 1. The highest BCUT2D eigenvalue weighted by molar-refractivity contribution is 7.15. The molecular weight excluding hydrogens is 342 g/mol. The van der Waals surface area contributed by atoms with E-state index < -0.39 is 22.2 Å². The molecule has 1 N–H and O–H groups in total. The number of nitrogens with one attached hydrogen (secondary N) is 1. The number of nitro groups is 1. The molecule has 1 amide bonds. The van der Waals surface area contributed by atoms with E-state index in [2.05, 4.69) is 10.3 Å². The second-order valence-corrected chi connectivity index (χ2v) is 8.12. The van der Waals surface area contributed by atoms with Crippen molar-refractivity contribution < 1.29 is 14.5 Å². The van der Waals surface area contributed by atoms with Crippen LogP contribution in [0, 0.1) is 10.1 Å². The van der Waals surface area contributed by atoms with E-state index in [9.17, 15) is 14.9 Å². The first-order valence-electron chi connectivity index (χ1n) is 7.70. The van der Waals surface area contributed by atoms with Crippen molar-refractivity contribution in [3.63, 3.8) is 0 Å². The molecule has 1 aromatic heterocycles. The number of aromatic nitrogens is 1. The van der Waals surface area contributed by atoms with Gasteiger partial charge in [-0.3, -0.25) is 10.1 Å². The van der Waals surface area contributed by atoms with Crippen molar-refractivity contribution in [3.8, 4) is 10.4 Å². The van der Waals surface area contributed by atoms with Crippen LogP contribution >= 0.6 is 11.3 Å². The number of hydrogen-bond acceptors (Lipinski definition) is 6. The van der Waals surface area contributed by atoms with Crippen LogP contribution in [0.2, 0.25) is 0 Å². The normalized spacial score (nSPS) is 11.9. The predicted molar refractivity (Wildman–Crippen MR) is 96.6 cm³/mol. The van der Waals surface area contributed by atoms with Crippen LogP contribution in [0.5, 0.6) is 0 Å². The number of non-ortho nitro benzene ring substituents is 1. The number of nitro benzene ring substituents is 1. The first-order chi connectivity index (χ1) is 11.5. The third-order valence-corrected chi connectivity index (χ3v) is 4.59. The monoisotopic (exact) mass is 363 g/mol. The molecular formula is C17H21N3O4S. The molecule has 134 valence electrons. The van der Waals surface area contributed by atoms with Crippen molar-refractivity contribution in [3.05, 3.63) is 45.6 Å². The zero-order valence-electron chi connectivity index (χ0n) is 14.8. The number of alkyl carbamates (subject to hydrolysis) is 1. The molecule has 0 aliphatic rings. The Labute approximate surface area is 150 Å². The van der Waals surface area contributed by atoms with E-state index in [1.54, 1.807) is 39.1 Å². The lowest BCUT2D eigenvalue weighted by molar-refractivity contribution is -0.384. The zero-order chi connectivity index (χ0) is 18.8. The van der Waals surface area contributed by atoms with Gasteiger partial charge in [-0.15, -0.1) is 11.3 Å².